The number of aryl methyl sites for hydroxylation is 1. The molecule has 1 aromatic carbocycles. The molecule has 1 saturated carbocycles. The van der Waals surface area contributed by atoms with Crippen molar-refractivity contribution in [1.29, 1.82) is 0 Å². The molecule has 1 aliphatic carbocycles. The molecular weight excluding hydrogens is 370 g/mol. The monoisotopic (exact) mass is 417 g/mol. The summed E-state index contributed by atoms with van der Waals surface area (Å²) in [6.45, 7) is 7.90. The van der Waals surface area contributed by atoms with Crippen molar-refractivity contribution < 1.29 is 9.84 Å². The number of nitrogens with two attached hydrogens (primary N) is 1. The van der Waals surface area contributed by atoms with Crippen LogP contribution < -0.4 is 10.5 Å². The molecule has 0 radical (unpaired) electrons. The molecule has 2 atom stereocenters. The maximum atomic E-state index is 9.77. The predicted molar refractivity (Wildman–Crippen MR) is 128 cm³/mol. The first kappa shape index (κ1) is 25.2. The van der Waals surface area contributed by atoms with Gasteiger partial charge in [0.1, 0.15) is 5.75 Å². The zero-order valence-corrected chi connectivity index (χ0v) is 19.9. The van der Waals surface area contributed by atoms with E-state index in [1.807, 2.05) is 0 Å². The van der Waals surface area contributed by atoms with E-state index in [4.69, 9.17) is 10.5 Å². The minimum absolute atomic E-state index is 0.0844. The number of hydrogen-bond donors (Lipinski definition) is 2. The third-order valence-corrected chi connectivity index (χ3v) is 6.91. The van der Waals surface area contributed by atoms with Crippen LogP contribution in [0.2, 0.25) is 0 Å². The van der Waals surface area contributed by atoms with Crippen LogP contribution in [0.4, 0.5) is 0 Å². The van der Waals surface area contributed by atoms with Gasteiger partial charge >= 0.3 is 0 Å². The number of aliphatic hydroxyl groups excluding tert-OH is 1. The van der Waals surface area contributed by atoms with E-state index in [0.29, 0.717) is 0 Å². The third-order valence-electron chi connectivity index (χ3n) is 6.91. The van der Waals surface area contributed by atoms with Crippen molar-refractivity contribution in [2.45, 2.75) is 103 Å². The lowest BCUT2D eigenvalue weighted by molar-refractivity contribution is 0.135. The van der Waals surface area contributed by atoms with Crippen LogP contribution in [0.3, 0.4) is 0 Å². The highest BCUT2D eigenvalue weighted by molar-refractivity contribution is 5.27. The molecule has 3 N–H and O–H groups in total. The summed E-state index contributed by atoms with van der Waals surface area (Å²) in [6.07, 6.45) is 14.4. The highest BCUT2D eigenvalue weighted by Crippen LogP contribution is 2.34. The fourth-order valence-electron chi connectivity index (χ4n) is 4.47. The zero-order chi connectivity index (χ0) is 21.8. The van der Waals surface area contributed by atoms with E-state index in [1.54, 1.807) is 0 Å². The van der Waals surface area contributed by atoms with Crippen molar-refractivity contribution in [2.75, 3.05) is 13.2 Å². The van der Waals surface area contributed by atoms with Gasteiger partial charge in [-0.2, -0.15) is 0 Å². The molecule has 3 heteroatoms. The van der Waals surface area contributed by atoms with Crippen molar-refractivity contribution in [3.8, 4) is 5.75 Å². The number of aliphatic hydroxyl groups is 1. The quantitative estimate of drug-likeness (QED) is 0.301. The Bertz CT molecular complexity index is 567. The largest absolute Gasteiger partial charge is 0.494 e. The van der Waals surface area contributed by atoms with Crippen molar-refractivity contribution in [3.63, 3.8) is 0 Å². The van der Waals surface area contributed by atoms with Crippen LogP contribution in [-0.4, -0.2) is 23.9 Å². The normalized spacial score (nSPS) is 17.5. The van der Waals surface area contributed by atoms with E-state index in [2.05, 4.69) is 45.0 Å². The maximum absolute atomic E-state index is 9.77. The van der Waals surface area contributed by atoms with Gasteiger partial charge in [0.15, 0.2) is 0 Å². The number of unbranched alkanes of at least 4 members (excludes halogenated alkanes) is 1. The summed E-state index contributed by atoms with van der Waals surface area (Å²) in [7, 11) is 0. The lowest BCUT2D eigenvalue weighted by Gasteiger charge is -2.35. The average Bonchev–Trinajstić information content (AvgIpc) is 2.70. The molecule has 1 unspecified atom stereocenters. The second kappa shape index (κ2) is 13.4. The van der Waals surface area contributed by atoms with Crippen LogP contribution in [0.5, 0.6) is 5.75 Å². The maximum Gasteiger partial charge on any atom is 0.119 e. The molecule has 30 heavy (non-hydrogen) atoms. The van der Waals surface area contributed by atoms with Crippen LogP contribution in [0.1, 0.15) is 97.0 Å². The first-order valence-corrected chi connectivity index (χ1v) is 12.5. The Labute approximate surface area is 185 Å². The molecule has 0 amide bonds. The summed E-state index contributed by atoms with van der Waals surface area (Å²) in [4.78, 5) is 0. The Balaban J connectivity index is 1.59. The minimum atomic E-state index is -0.424. The van der Waals surface area contributed by atoms with E-state index in [0.717, 1.165) is 55.8 Å². The highest BCUT2D eigenvalue weighted by atomic mass is 16.5. The highest BCUT2D eigenvalue weighted by Gasteiger charge is 2.30. The molecule has 1 aliphatic rings. The third kappa shape index (κ3) is 9.83. The summed E-state index contributed by atoms with van der Waals surface area (Å²) in [5.74, 6) is 3.35. The van der Waals surface area contributed by atoms with E-state index in [1.165, 1.54) is 56.9 Å². The van der Waals surface area contributed by atoms with Crippen molar-refractivity contribution in [2.24, 2.45) is 23.5 Å². The molecular formula is C27H47NO2. The smallest absolute Gasteiger partial charge is 0.119 e. The van der Waals surface area contributed by atoms with Crippen LogP contribution in [0.15, 0.2) is 24.3 Å². The Morgan fingerprint density at radius 3 is 2.33 bits per heavy atom. The van der Waals surface area contributed by atoms with Gasteiger partial charge < -0.3 is 15.6 Å². The first-order valence-electron chi connectivity index (χ1n) is 12.5. The van der Waals surface area contributed by atoms with Crippen LogP contribution >= 0.6 is 0 Å². The van der Waals surface area contributed by atoms with E-state index >= 15 is 0 Å². The summed E-state index contributed by atoms with van der Waals surface area (Å²) >= 11 is 0. The van der Waals surface area contributed by atoms with Gasteiger partial charge in [-0.15, -0.1) is 0 Å². The fraction of sp³-hybridized carbons (Fsp3) is 0.778. The average molecular weight is 418 g/mol. The standard InChI is InChI=1S/C27H47NO2/c1-22(2)8-6-10-23(3)9-4-5-19-30-26-15-13-24(14-16-26)17-18-27(28,21-29)20-25-11-7-12-25/h13-16,22-23,25,29H,4-12,17-21,28H2,1-3H3/t23?,27-/m0/s1. The molecule has 0 bridgehead atoms. The predicted octanol–water partition coefficient (Wildman–Crippen LogP) is 6.51. The molecule has 1 aromatic rings. The van der Waals surface area contributed by atoms with Crippen molar-refractivity contribution in [1.82, 2.24) is 0 Å². The minimum Gasteiger partial charge on any atom is -0.494 e. The number of benzene rings is 1. The van der Waals surface area contributed by atoms with E-state index in [-0.39, 0.29) is 6.61 Å². The molecule has 0 heterocycles. The summed E-state index contributed by atoms with van der Waals surface area (Å²) in [6, 6.07) is 8.44. The second-order valence-corrected chi connectivity index (χ2v) is 10.4. The van der Waals surface area contributed by atoms with Gasteiger partial charge in [-0.1, -0.05) is 77.8 Å². The lowest BCUT2D eigenvalue weighted by atomic mass is 9.75. The van der Waals surface area contributed by atoms with Crippen LogP contribution in [0, 0.1) is 17.8 Å². The Hall–Kier alpha value is -1.06. The zero-order valence-electron chi connectivity index (χ0n) is 19.9. The summed E-state index contributed by atoms with van der Waals surface area (Å²) in [5.41, 5.74) is 7.31. The topological polar surface area (TPSA) is 55.5 Å². The van der Waals surface area contributed by atoms with Crippen molar-refractivity contribution in [3.05, 3.63) is 29.8 Å². The molecule has 2 rings (SSSR count). The molecule has 3 nitrogen and oxygen atoms in total. The fourth-order valence-corrected chi connectivity index (χ4v) is 4.47. The van der Waals surface area contributed by atoms with Gasteiger partial charge in [-0.25, -0.2) is 0 Å². The molecule has 0 aliphatic heterocycles. The van der Waals surface area contributed by atoms with Crippen LogP contribution in [-0.2, 0) is 6.42 Å². The first-order chi connectivity index (χ1) is 14.4. The van der Waals surface area contributed by atoms with Gasteiger partial charge in [-0.05, 0) is 67.6 Å². The number of rotatable bonds is 16. The molecule has 0 aromatic heterocycles. The van der Waals surface area contributed by atoms with Crippen molar-refractivity contribution >= 4 is 0 Å². The van der Waals surface area contributed by atoms with E-state index in [9.17, 15) is 5.11 Å². The lowest BCUT2D eigenvalue weighted by Crippen LogP contribution is -2.46. The Kier molecular flexibility index (Phi) is 11.2. The van der Waals surface area contributed by atoms with Gasteiger partial charge in [0.25, 0.3) is 0 Å². The SMILES string of the molecule is CC(C)CCCC(C)CCCCOc1ccc(CC[C@@](N)(CO)CC2CCC2)cc1. The van der Waals surface area contributed by atoms with Gasteiger partial charge in [0, 0.05) is 5.54 Å². The molecule has 0 spiro atoms. The molecule has 0 saturated heterocycles. The number of hydrogen-bond acceptors (Lipinski definition) is 3. The summed E-state index contributed by atoms with van der Waals surface area (Å²) < 4.78 is 5.93. The van der Waals surface area contributed by atoms with Gasteiger partial charge in [0.2, 0.25) is 0 Å². The second-order valence-electron chi connectivity index (χ2n) is 10.4. The van der Waals surface area contributed by atoms with Gasteiger partial charge in [-0.3, -0.25) is 0 Å². The Morgan fingerprint density at radius 2 is 1.73 bits per heavy atom. The molecule has 1 fully saturated rings. The molecule has 172 valence electrons. The summed E-state index contributed by atoms with van der Waals surface area (Å²) in [5, 5.41) is 9.77. The number of ether oxygens (including phenoxy) is 1. The van der Waals surface area contributed by atoms with Crippen LogP contribution in [0.25, 0.3) is 0 Å². The van der Waals surface area contributed by atoms with Gasteiger partial charge in [0.05, 0.1) is 13.2 Å². The Morgan fingerprint density at radius 1 is 1.03 bits per heavy atom. The van der Waals surface area contributed by atoms with E-state index < -0.39 is 5.54 Å².